The van der Waals surface area contributed by atoms with Gasteiger partial charge in [-0.3, -0.25) is 0 Å². The van der Waals surface area contributed by atoms with Gasteiger partial charge in [0.1, 0.15) is 7.28 Å². The molecule has 0 atom stereocenters. The highest BCUT2D eigenvalue weighted by Crippen LogP contribution is 2.07. The summed E-state index contributed by atoms with van der Waals surface area (Å²) >= 11 is 0. The number of rotatable bonds is 2. The number of hydrogen-bond donors (Lipinski definition) is 0. The number of hydrogen-bond acceptors (Lipinski definition) is 0. The van der Waals surface area contributed by atoms with E-state index in [9.17, 15) is 0 Å². The third-order valence-corrected chi connectivity index (χ3v) is 0.770. The molecule has 0 aliphatic rings. The maximum Gasteiger partial charge on any atom is 0.116 e. The van der Waals surface area contributed by atoms with Crippen molar-refractivity contribution < 1.29 is 0 Å². The van der Waals surface area contributed by atoms with E-state index < -0.39 is 0 Å². The molecular formula is C6H14B. The van der Waals surface area contributed by atoms with Crippen LogP contribution in [-0.4, -0.2) is 7.28 Å². The molecule has 0 amide bonds. The van der Waals surface area contributed by atoms with Crippen molar-refractivity contribution in [1.29, 1.82) is 0 Å². The average Bonchev–Trinajstić information content (AvgIpc) is 1.27. The molecule has 1 heteroatoms. The Morgan fingerprint density at radius 1 is 0.857 bits per heavy atom. The van der Waals surface area contributed by atoms with E-state index in [1.807, 2.05) is 0 Å². The minimum atomic E-state index is 0.750. The van der Waals surface area contributed by atoms with E-state index in [-0.39, 0.29) is 0 Å². The predicted octanol–water partition coefficient (Wildman–Crippen LogP) is 2.35. The smallest absolute Gasteiger partial charge is 0.0742 e. The second-order valence-electron chi connectivity index (χ2n) is 2.68. The molecule has 41 valence electrons. The lowest BCUT2D eigenvalue weighted by molar-refractivity contribution is 0.971. The summed E-state index contributed by atoms with van der Waals surface area (Å²) in [6.45, 7) is 8.83. The SMILES string of the molecule is CC(C)[B]C(C)C. The fourth-order valence-corrected chi connectivity index (χ4v) is 0.770. The summed E-state index contributed by atoms with van der Waals surface area (Å²) in [5.41, 5.74) is 0. The van der Waals surface area contributed by atoms with Crippen LogP contribution < -0.4 is 0 Å². The lowest BCUT2D eigenvalue weighted by atomic mass is 9.58. The first kappa shape index (κ1) is 7.06. The molecule has 0 rings (SSSR count). The van der Waals surface area contributed by atoms with E-state index in [0.29, 0.717) is 0 Å². The first-order valence-electron chi connectivity index (χ1n) is 2.98. The van der Waals surface area contributed by atoms with E-state index >= 15 is 0 Å². The highest BCUT2D eigenvalue weighted by molar-refractivity contribution is 6.38. The van der Waals surface area contributed by atoms with E-state index in [0.717, 1.165) is 11.6 Å². The monoisotopic (exact) mass is 97.1 g/mol. The van der Waals surface area contributed by atoms with Gasteiger partial charge >= 0.3 is 0 Å². The van der Waals surface area contributed by atoms with E-state index in [1.54, 1.807) is 0 Å². The van der Waals surface area contributed by atoms with Gasteiger partial charge in [0, 0.05) is 0 Å². The molecule has 0 aliphatic heterocycles. The zero-order valence-corrected chi connectivity index (χ0v) is 5.73. The van der Waals surface area contributed by atoms with E-state index in [2.05, 4.69) is 35.0 Å². The van der Waals surface area contributed by atoms with Gasteiger partial charge in [0.2, 0.25) is 0 Å². The second-order valence-corrected chi connectivity index (χ2v) is 2.68. The Balaban J connectivity index is 2.95. The quantitative estimate of drug-likeness (QED) is 0.464. The molecular weight excluding hydrogens is 82.9 g/mol. The van der Waals surface area contributed by atoms with Gasteiger partial charge in [0.15, 0.2) is 0 Å². The summed E-state index contributed by atoms with van der Waals surface area (Å²) in [5, 5.41) is 0. The summed E-state index contributed by atoms with van der Waals surface area (Å²) in [5.74, 6) is 1.50. The Morgan fingerprint density at radius 3 is 1.14 bits per heavy atom. The molecule has 0 aromatic rings. The fraction of sp³-hybridized carbons (Fsp3) is 1.00. The Kier molecular flexibility index (Phi) is 3.15. The fourth-order valence-electron chi connectivity index (χ4n) is 0.770. The molecule has 7 heavy (non-hydrogen) atoms. The van der Waals surface area contributed by atoms with Crippen molar-refractivity contribution in [3.63, 3.8) is 0 Å². The molecule has 0 aliphatic carbocycles. The molecule has 0 unspecified atom stereocenters. The summed E-state index contributed by atoms with van der Waals surface area (Å²) in [7, 11) is 2.33. The molecule has 0 fully saturated rings. The van der Waals surface area contributed by atoms with Crippen molar-refractivity contribution in [3.8, 4) is 0 Å². The Morgan fingerprint density at radius 2 is 1.14 bits per heavy atom. The van der Waals surface area contributed by atoms with Gasteiger partial charge in [-0.05, 0) is 0 Å². The third kappa shape index (κ3) is 6.06. The molecule has 0 saturated heterocycles. The Labute approximate surface area is 47.6 Å². The van der Waals surface area contributed by atoms with Crippen molar-refractivity contribution in [2.24, 2.45) is 0 Å². The second kappa shape index (κ2) is 3.12. The standard InChI is InChI=1S/C6H14B/c1-5(2)7-6(3)4/h5-6H,1-4H3. The van der Waals surface area contributed by atoms with Crippen LogP contribution in [0, 0.1) is 0 Å². The van der Waals surface area contributed by atoms with Crippen molar-refractivity contribution >= 4 is 7.28 Å². The molecule has 0 heterocycles. The lowest BCUT2D eigenvalue weighted by Crippen LogP contribution is -1.98. The van der Waals surface area contributed by atoms with Crippen molar-refractivity contribution in [3.05, 3.63) is 0 Å². The maximum absolute atomic E-state index is 2.33. The summed E-state index contributed by atoms with van der Waals surface area (Å²) in [6, 6.07) is 0. The van der Waals surface area contributed by atoms with E-state index in [4.69, 9.17) is 0 Å². The zero-order valence-electron chi connectivity index (χ0n) is 5.73. The summed E-state index contributed by atoms with van der Waals surface area (Å²) < 4.78 is 0. The van der Waals surface area contributed by atoms with Gasteiger partial charge in [-0.25, -0.2) is 0 Å². The zero-order chi connectivity index (χ0) is 5.86. The van der Waals surface area contributed by atoms with Crippen molar-refractivity contribution in [1.82, 2.24) is 0 Å². The largest absolute Gasteiger partial charge is 0.116 e. The minimum Gasteiger partial charge on any atom is -0.0742 e. The Hall–Kier alpha value is 0.0649. The molecule has 0 saturated carbocycles. The van der Waals surface area contributed by atoms with Gasteiger partial charge in [-0.2, -0.15) is 0 Å². The molecule has 0 spiro atoms. The van der Waals surface area contributed by atoms with Gasteiger partial charge in [-0.15, -0.1) is 0 Å². The highest BCUT2D eigenvalue weighted by Gasteiger charge is 1.98. The van der Waals surface area contributed by atoms with Crippen LogP contribution in [0.2, 0.25) is 11.6 Å². The maximum atomic E-state index is 2.33. The van der Waals surface area contributed by atoms with Gasteiger partial charge in [0.25, 0.3) is 0 Å². The molecule has 0 aromatic carbocycles. The summed E-state index contributed by atoms with van der Waals surface area (Å²) in [4.78, 5) is 0. The van der Waals surface area contributed by atoms with Crippen LogP contribution in [0.5, 0.6) is 0 Å². The lowest BCUT2D eigenvalue weighted by Gasteiger charge is -2.03. The van der Waals surface area contributed by atoms with Crippen molar-refractivity contribution in [2.45, 2.75) is 39.3 Å². The van der Waals surface area contributed by atoms with Crippen molar-refractivity contribution in [2.75, 3.05) is 0 Å². The topological polar surface area (TPSA) is 0 Å². The third-order valence-electron chi connectivity index (χ3n) is 0.770. The van der Waals surface area contributed by atoms with Gasteiger partial charge in [0.05, 0.1) is 0 Å². The molecule has 0 bridgehead atoms. The average molecular weight is 97.0 g/mol. The molecule has 0 aromatic heterocycles. The normalized spacial score (nSPS) is 10.6. The summed E-state index contributed by atoms with van der Waals surface area (Å²) in [6.07, 6.45) is 0. The van der Waals surface area contributed by atoms with E-state index in [1.165, 1.54) is 0 Å². The molecule has 0 N–H and O–H groups in total. The van der Waals surface area contributed by atoms with Crippen LogP contribution in [0.3, 0.4) is 0 Å². The first-order valence-corrected chi connectivity index (χ1v) is 2.98. The highest BCUT2D eigenvalue weighted by atomic mass is 13.8. The van der Waals surface area contributed by atoms with Crippen LogP contribution in [0.15, 0.2) is 0 Å². The minimum absolute atomic E-state index is 0.750. The van der Waals surface area contributed by atoms with Crippen LogP contribution in [0.25, 0.3) is 0 Å². The molecule has 1 radical (unpaired) electrons. The Bertz CT molecular complexity index is 33.4. The van der Waals surface area contributed by atoms with Gasteiger partial charge in [-0.1, -0.05) is 39.3 Å². The first-order chi connectivity index (χ1) is 3.13. The predicted molar refractivity (Wildman–Crippen MR) is 35.9 cm³/mol. The van der Waals surface area contributed by atoms with Crippen LogP contribution in [-0.2, 0) is 0 Å². The van der Waals surface area contributed by atoms with Crippen LogP contribution in [0.4, 0.5) is 0 Å². The van der Waals surface area contributed by atoms with Gasteiger partial charge < -0.3 is 0 Å². The van der Waals surface area contributed by atoms with Crippen LogP contribution >= 0.6 is 0 Å². The van der Waals surface area contributed by atoms with Crippen LogP contribution in [0.1, 0.15) is 27.7 Å². The molecule has 0 nitrogen and oxygen atoms in total.